The smallest absolute Gasteiger partial charge is 0.416 e. The maximum Gasteiger partial charge on any atom is 0.416 e. The summed E-state index contributed by atoms with van der Waals surface area (Å²) in [6, 6.07) is 3.04. The van der Waals surface area contributed by atoms with Crippen LogP contribution in [0.15, 0.2) is 12.1 Å². The van der Waals surface area contributed by atoms with Crippen molar-refractivity contribution in [2.24, 2.45) is 0 Å². The van der Waals surface area contributed by atoms with E-state index in [1.807, 2.05) is 0 Å². The Morgan fingerprint density at radius 2 is 2.11 bits per heavy atom. The Bertz CT molecular complexity index is 520. The van der Waals surface area contributed by atoms with Gasteiger partial charge in [0, 0.05) is 5.33 Å². The van der Waals surface area contributed by atoms with E-state index in [0.717, 1.165) is 7.11 Å². The fourth-order valence-corrected chi connectivity index (χ4v) is 1.98. The van der Waals surface area contributed by atoms with Crippen LogP contribution in [0.5, 0.6) is 0 Å². The summed E-state index contributed by atoms with van der Waals surface area (Å²) in [5, 5.41) is 8.91. The highest BCUT2D eigenvalue weighted by Crippen LogP contribution is 2.33. The molecule has 18 heavy (non-hydrogen) atoms. The van der Waals surface area contributed by atoms with Crippen LogP contribution < -0.4 is 0 Å². The van der Waals surface area contributed by atoms with Gasteiger partial charge in [-0.05, 0) is 17.7 Å². The zero-order valence-electron chi connectivity index (χ0n) is 9.14. The van der Waals surface area contributed by atoms with Crippen molar-refractivity contribution in [2.75, 3.05) is 7.11 Å². The summed E-state index contributed by atoms with van der Waals surface area (Å²) in [5.74, 6) is -0.910. The quantitative estimate of drug-likeness (QED) is 0.620. The Balaban J connectivity index is 3.57. The van der Waals surface area contributed by atoms with Gasteiger partial charge in [-0.25, -0.2) is 4.79 Å². The molecule has 0 fully saturated rings. The van der Waals surface area contributed by atoms with Gasteiger partial charge in [0.15, 0.2) is 0 Å². The number of hydrogen-bond acceptors (Lipinski definition) is 3. The number of rotatable bonds is 2. The molecule has 1 aromatic carbocycles. The van der Waals surface area contributed by atoms with Crippen molar-refractivity contribution in [2.45, 2.75) is 11.5 Å². The molecule has 96 valence electrons. The molecule has 7 heteroatoms. The van der Waals surface area contributed by atoms with E-state index in [0.29, 0.717) is 12.1 Å². The number of esters is 1. The van der Waals surface area contributed by atoms with Crippen molar-refractivity contribution in [1.29, 1.82) is 5.26 Å². The number of benzene rings is 1. The monoisotopic (exact) mass is 321 g/mol. The molecule has 0 saturated heterocycles. The summed E-state index contributed by atoms with van der Waals surface area (Å²) < 4.78 is 42.3. The van der Waals surface area contributed by atoms with E-state index in [9.17, 15) is 18.0 Å². The Hall–Kier alpha value is -1.55. The van der Waals surface area contributed by atoms with E-state index in [4.69, 9.17) is 5.26 Å². The summed E-state index contributed by atoms with van der Waals surface area (Å²) in [5.41, 5.74) is -1.34. The van der Waals surface area contributed by atoms with E-state index in [1.54, 1.807) is 6.07 Å². The third-order valence-corrected chi connectivity index (χ3v) is 2.80. The van der Waals surface area contributed by atoms with E-state index in [2.05, 4.69) is 20.7 Å². The second-order valence-corrected chi connectivity index (χ2v) is 3.85. The van der Waals surface area contributed by atoms with E-state index in [1.165, 1.54) is 0 Å². The Kier molecular flexibility index (Phi) is 4.35. The minimum atomic E-state index is -4.63. The maximum absolute atomic E-state index is 12.6. The van der Waals surface area contributed by atoms with Gasteiger partial charge in [-0.3, -0.25) is 0 Å². The molecule has 3 nitrogen and oxygen atoms in total. The third kappa shape index (κ3) is 2.82. The second kappa shape index (κ2) is 5.40. The van der Waals surface area contributed by atoms with Gasteiger partial charge in [0.05, 0.1) is 29.9 Å². The molecular formula is C11H7BrF3NO2. The standard InChI is InChI=1S/C11H7BrF3NO2/c1-18-10(17)8-3-7(11(13,14)15)2-6(5-16)9(8)4-12/h2-3H,4H2,1H3. The van der Waals surface area contributed by atoms with Gasteiger partial charge in [0.25, 0.3) is 0 Å². The summed E-state index contributed by atoms with van der Waals surface area (Å²) >= 11 is 3.03. The average Bonchev–Trinajstić information content (AvgIpc) is 2.34. The van der Waals surface area contributed by atoms with Gasteiger partial charge in [-0.2, -0.15) is 18.4 Å². The molecule has 0 aliphatic heterocycles. The largest absolute Gasteiger partial charge is 0.465 e. The van der Waals surface area contributed by atoms with Crippen molar-refractivity contribution in [3.8, 4) is 6.07 Å². The van der Waals surface area contributed by atoms with E-state index in [-0.39, 0.29) is 22.0 Å². The first-order chi connectivity index (χ1) is 8.35. The lowest BCUT2D eigenvalue weighted by atomic mass is 9.99. The lowest BCUT2D eigenvalue weighted by Crippen LogP contribution is -2.12. The maximum atomic E-state index is 12.6. The Labute approximate surface area is 109 Å². The lowest BCUT2D eigenvalue weighted by molar-refractivity contribution is -0.137. The SMILES string of the molecule is COC(=O)c1cc(C(F)(F)F)cc(C#N)c1CBr. The predicted molar refractivity (Wildman–Crippen MR) is 60.1 cm³/mol. The van der Waals surface area contributed by atoms with Gasteiger partial charge < -0.3 is 4.74 Å². The number of hydrogen-bond donors (Lipinski definition) is 0. The van der Waals surface area contributed by atoms with Crippen LogP contribution in [0.4, 0.5) is 13.2 Å². The highest BCUT2D eigenvalue weighted by Gasteiger charge is 2.33. The molecule has 0 atom stereocenters. The van der Waals surface area contributed by atoms with Gasteiger partial charge in [-0.1, -0.05) is 15.9 Å². The summed E-state index contributed by atoms with van der Waals surface area (Å²) in [4.78, 5) is 11.4. The van der Waals surface area contributed by atoms with Crippen LogP contribution in [0.3, 0.4) is 0 Å². The van der Waals surface area contributed by atoms with Crippen LogP contribution in [0, 0.1) is 11.3 Å². The molecule has 0 radical (unpaired) electrons. The fraction of sp³-hybridized carbons (Fsp3) is 0.273. The number of nitriles is 1. The second-order valence-electron chi connectivity index (χ2n) is 3.28. The number of carbonyl (C=O) groups is 1. The zero-order valence-corrected chi connectivity index (χ0v) is 10.7. The number of methoxy groups -OCH3 is 1. The van der Waals surface area contributed by atoms with Crippen LogP contribution in [0.1, 0.15) is 27.0 Å². The lowest BCUT2D eigenvalue weighted by Gasteiger charge is -2.12. The van der Waals surface area contributed by atoms with Crippen molar-refractivity contribution >= 4 is 21.9 Å². The molecule has 0 bridgehead atoms. The average molecular weight is 322 g/mol. The number of halogens is 4. The minimum absolute atomic E-state index is 0.0818. The summed E-state index contributed by atoms with van der Waals surface area (Å²) in [6.07, 6.45) is -4.63. The third-order valence-electron chi connectivity index (χ3n) is 2.24. The molecule has 0 saturated carbocycles. The van der Waals surface area contributed by atoms with Gasteiger partial charge >= 0.3 is 12.1 Å². The number of ether oxygens (including phenoxy) is 1. The van der Waals surface area contributed by atoms with Crippen LogP contribution >= 0.6 is 15.9 Å². The molecule has 0 aliphatic carbocycles. The van der Waals surface area contributed by atoms with Crippen molar-refractivity contribution < 1.29 is 22.7 Å². The predicted octanol–water partition coefficient (Wildman–Crippen LogP) is 3.26. The van der Waals surface area contributed by atoms with Crippen molar-refractivity contribution in [3.63, 3.8) is 0 Å². The topological polar surface area (TPSA) is 50.1 Å². The molecule has 0 aromatic heterocycles. The number of alkyl halides is 4. The number of nitrogens with zero attached hydrogens (tertiary/aromatic N) is 1. The van der Waals surface area contributed by atoms with Crippen LogP contribution in [0.2, 0.25) is 0 Å². The van der Waals surface area contributed by atoms with Gasteiger partial charge in [0.2, 0.25) is 0 Å². The van der Waals surface area contributed by atoms with Crippen LogP contribution in [-0.4, -0.2) is 13.1 Å². The molecule has 0 aliphatic rings. The molecule has 0 heterocycles. The van der Waals surface area contributed by atoms with Gasteiger partial charge in [-0.15, -0.1) is 0 Å². The Morgan fingerprint density at radius 3 is 2.50 bits per heavy atom. The van der Waals surface area contributed by atoms with E-state index < -0.39 is 17.7 Å². The fourth-order valence-electron chi connectivity index (χ4n) is 1.37. The normalized spacial score (nSPS) is 10.9. The minimum Gasteiger partial charge on any atom is -0.465 e. The van der Waals surface area contributed by atoms with Gasteiger partial charge in [0.1, 0.15) is 0 Å². The molecule has 1 aromatic rings. The summed E-state index contributed by atoms with van der Waals surface area (Å²) in [7, 11) is 1.06. The molecule has 0 amide bonds. The number of carbonyl (C=O) groups excluding carboxylic acids is 1. The van der Waals surface area contributed by atoms with Crippen LogP contribution in [-0.2, 0) is 16.2 Å². The highest BCUT2D eigenvalue weighted by atomic mass is 79.9. The molecule has 0 spiro atoms. The van der Waals surface area contributed by atoms with Crippen molar-refractivity contribution in [3.05, 3.63) is 34.4 Å². The van der Waals surface area contributed by atoms with E-state index >= 15 is 0 Å². The highest BCUT2D eigenvalue weighted by molar-refractivity contribution is 9.08. The first-order valence-corrected chi connectivity index (χ1v) is 5.75. The zero-order chi connectivity index (χ0) is 13.9. The molecule has 1 rings (SSSR count). The first-order valence-electron chi connectivity index (χ1n) is 4.63. The van der Waals surface area contributed by atoms with Crippen molar-refractivity contribution in [1.82, 2.24) is 0 Å². The summed E-state index contributed by atoms with van der Waals surface area (Å²) in [6.45, 7) is 0. The molecule has 0 unspecified atom stereocenters. The molecular weight excluding hydrogens is 315 g/mol. The first kappa shape index (κ1) is 14.5. The van der Waals surface area contributed by atoms with Crippen LogP contribution in [0.25, 0.3) is 0 Å². The Morgan fingerprint density at radius 1 is 1.50 bits per heavy atom. The molecule has 0 N–H and O–H groups in total.